The van der Waals surface area contributed by atoms with Gasteiger partial charge in [-0.25, -0.2) is 0 Å². The number of hydrogen-bond acceptors (Lipinski definition) is 0. The zero-order valence-electron chi connectivity index (χ0n) is 19.1. The molecule has 3 aromatic carbocycles. The van der Waals surface area contributed by atoms with Crippen LogP contribution in [0.2, 0.25) is 13.1 Å². The monoisotopic (exact) mass is 440 g/mol. The van der Waals surface area contributed by atoms with Crippen LogP contribution in [0.5, 0.6) is 0 Å². The van der Waals surface area contributed by atoms with Crippen LogP contribution in [0.3, 0.4) is 0 Å². The van der Waals surface area contributed by atoms with Crippen LogP contribution in [0.4, 0.5) is 0 Å². The van der Waals surface area contributed by atoms with E-state index in [-0.39, 0.29) is 43.5 Å². The second-order valence-corrected chi connectivity index (χ2v) is 11.2. The van der Waals surface area contributed by atoms with E-state index in [1.54, 1.807) is 0 Å². The van der Waals surface area contributed by atoms with Crippen LogP contribution in [-0.2, 0) is 28.3 Å². The van der Waals surface area contributed by atoms with Crippen molar-refractivity contribution in [1.82, 2.24) is 4.57 Å². The quantitative estimate of drug-likeness (QED) is 0.213. The number of rotatable bonds is 1. The Labute approximate surface area is 194 Å². The number of fused-ring (bicyclic) bond motifs is 5. The molecule has 0 spiro atoms. The third-order valence-electron chi connectivity index (χ3n) is 3.85. The maximum Gasteiger partial charge on any atom is 4.00 e. The van der Waals surface area contributed by atoms with Gasteiger partial charge in [-0.2, -0.15) is 0 Å². The second kappa shape index (κ2) is 11.8. The van der Waals surface area contributed by atoms with Gasteiger partial charge in [-0.05, 0) is 23.9 Å². The molecule has 0 fully saturated rings. The fourth-order valence-corrected chi connectivity index (χ4v) is 3.09. The van der Waals surface area contributed by atoms with Crippen molar-refractivity contribution in [3.63, 3.8) is 0 Å². The molecule has 0 aliphatic heterocycles. The van der Waals surface area contributed by atoms with Gasteiger partial charge in [-0.1, -0.05) is 63.5 Å². The van der Waals surface area contributed by atoms with Crippen LogP contribution in [0.15, 0.2) is 54.6 Å². The van der Waals surface area contributed by atoms with Gasteiger partial charge in [-0.15, -0.1) is 49.4 Å². The third-order valence-corrected chi connectivity index (χ3v) is 3.85. The molecular formula is C25H36N2SiTi. The molecule has 0 atom stereocenters. The van der Waals surface area contributed by atoms with Crippen molar-refractivity contribution in [2.75, 3.05) is 0 Å². The zero-order valence-corrected chi connectivity index (χ0v) is 21.9. The fourth-order valence-electron chi connectivity index (χ4n) is 3.09. The summed E-state index contributed by atoms with van der Waals surface area (Å²) >= 11 is 0. The minimum Gasteiger partial charge on any atom is -0.673 e. The molecule has 0 saturated carbocycles. The summed E-state index contributed by atoms with van der Waals surface area (Å²) in [6.45, 7) is 17.0. The first-order valence-electron chi connectivity index (χ1n) is 9.77. The smallest absolute Gasteiger partial charge is 0.673 e. The first-order valence-corrected chi connectivity index (χ1v) is 12.9. The molecule has 4 heteroatoms. The van der Waals surface area contributed by atoms with Crippen molar-refractivity contribution in [2.45, 2.75) is 52.9 Å². The topological polar surface area (TPSA) is 28.7 Å². The molecule has 4 rings (SSSR count). The Balaban J connectivity index is 0.000000615. The van der Waals surface area contributed by atoms with Gasteiger partial charge in [0.05, 0.1) is 0 Å². The van der Waals surface area contributed by atoms with E-state index in [9.17, 15) is 0 Å². The van der Waals surface area contributed by atoms with E-state index in [0.29, 0.717) is 0 Å². The summed E-state index contributed by atoms with van der Waals surface area (Å²) in [7, 11) is -0.389. The van der Waals surface area contributed by atoms with Crippen LogP contribution >= 0.6 is 0 Å². The largest absolute Gasteiger partial charge is 4.00 e. The number of hydrogen-bond donors (Lipinski definition) is 0. The van der Waals surface area contributed by atoms with Crippen molar-refractivity contribution < 1.29 is 21.7 Å². The average Bonchev–Trinajstić information content (AvgIpc) is 3.06. The van der Waals surface area contributed by atoms with Crippen molar-refractivity contribution in [2.24, 2.45) is 0 Å². The molecule has 154 valence electrons. The Morgan fingerprint density at radius 2 is 1.45 bits per heavy atom. The van der Waals surface area contributed by atoms with Crippen LogP contribution in [0.25, 0.3) is 38.3 Å². The minimum atomic E-state index is -0.389. The molecule has 1 heterocycles. The molecule has 0 bridgehead atoms. The van der Waals surface area contributed by atoms with E-state index in [4.69, 9.17) is 5.73 Å². The van der Waals surface area contributed by atoms with E-state index < -0.39 is 0 Å². The van der Waals surface area contributed by atoms with Gasteiger partial charge >= 0.3 is 21.7 Å². The molecule has 0 aliphatic carbocycles. The van der Waals surface area contributed by atoms with E-state index >= 15 is 0 Å². The molecule has 0 radical (unpaired) electrons. The Hall–Kier alpha value is -1.26. The first-order chi connectivity index (χ1) is 12.6. The summed E-state index contributed by atoms with van der Waals surface area (Å²) in [5.41, 5.74) is 9.39. The Bertz CT molecular complexity index is 997. The summed E-state index contributed by atoms with van der Waals surface area (Å²) < 4.78 is 2.41. The predicted molar refractivity (Wildman–Crippen MR) is 133 cm³/mol. The molecule has 0 amide bonds. The molecule has 0 aliphatic rings. The van der Waals surface area contributed by atoms with Crippen LogP contribution in [-0.4, -0.2) is 18.9 Å². The Morgan fingerprint density at radius 3 is 1.97 bits per heavy atom. The summed E-state index contributed by atoms with van der Waals surface area (Å²) in [4.78, 5) is 0. The molecular weight excluding hydrogens is 404 g/mol. The normalized spacial score (nSPS) is 10.7. The van der Waals surface area contributed by atoms with Crippen LogP contribution < -0.4 is 0 Å². The van der Waals surface area contributed by atoms with Gasteiger partial charge in [0.25, 0.3) is 0 Å². The summed E-state index contributed by atoms with van der Waals surface area (Å²) in [6, 6.07) is 19.7. The molecule has 1 N–H and O–H groups in total. The van der Waals surface area contributed by atoms with Gasteiger partial charge in [-0.3, -0.25) is 0 Å². The summed E-state index contributed by atoms with van der Waals surface area (Å²) in [5.74, 6) is 0. The Kier molecular flexibility index (Phi) is 11.3. The number of aryl methyl sites for hydroxylation is 1. The average molecular weight is 441 g/mol. The van der Waals surface area contributed by atoms with Gasteiger partial charge in [0.15, 0.2) is 0 Å². The van der Waals surface area contributed by atoms with E-state index in [2.05, 4.69) is 85.7 Å². The zero-order chi connectivity index (χ0) is 20.2. The van der Waals surface area contributed by atoms with Crippen molar-refractivity contribution in [1.29, 1.82) is 0 Å². The van der Waals surface area contributed by atoms with Gasteiger partial charge < -0.3 is 24.3 Å². The van der Waals surface area contributed by atoms with E-state index in [0.717, 1.165) is 6.54 Å². The van der Waals surface area contributed by atoms with E-state index in [1.165, 1.54) is 32.6 Å². The van der Waals surface area contributed by atoms with Crippen LogP contribution in [0, 0.1) is 14.0 Å². The van der Waals surface area contributed by atoms with Crippen molar-refractivity contribution in [3.05, 3.63) is 74.3 Å². The molecule has 2 nitrogen and oxygen atoms in total. The molecule has 4 aromatic rings. The third kappa shape index (κ3) is 7.49. The summed E-state index contributed by atoms with van der Waals surface area (Å²) in [6.07, 6.45) is 0. The summed E-state index contributed by atoms with van der Waals surface area (Å²) in [5, 5.41) is 5.49. The first kappa shape index (κ1) is 27.7. The number of benzene rings is 2. The van der Waals surface area contributed by atoms with Crippen molar-refractivity contribution >= 4 is 41.4 Å². The minimum absolute atomic E-state index is 0. The number of aromatic nitrogens is 1. The number of nitrogens with zero attached hydrogens (tertiary/aromatic N) is 1. The van der Waals surface area contributed by atoms with Crippen molar-refractivity contribution in [3.8, 4) is 0 Å². The SMILES string of the molecule is CC(C)(C)[NH-].CCn1c2ccccc2c2c3ccccc3[cH-]c21.[CH2-][SiH](C)C.[CH3-].[Ti+4]. The van der Waals surface area contributed by atoms with Gasteiger partial charge in [0.1, 0.15) is 0 Å². The molecule has 0 unspecified atom stereocenters. The molecule has 0 saturated heterocycles. The van der Waals surface area contributed by atoms with Gasteiger partial charge in [0.2, 0.25) is 0 Å². The Morgan fingerprint density at radius 1 is 1.00 bits per heavy atom. The molecule has 1 aromatic heterocycles. The van der Waals surface area contributed by atoms with Gasteiger partial charge in [0, 0.05) is 12.1 Å². The molecule has 29 heavy (non-hydrogen) atoms. The maximum absolute atomic E-state index is 6.94. The number of para-hydroxylation sites is 1. The maximum atomic E-state index is 6.94. The fraction of sp³-hybridized carbons (Fsp3) is 0.320. The second-order valence-electron chi connectivity index (χ2n) is 8.40. The van der Waals surface area contributed by atoms with Crippen LogP contribution in [0.1, 0.15) is 27.7 Å². The predicted octanol–water partition coefficient (Wildman–Crippen LogP) is 7.82. The standard InChI is InChI=1S/C17H14N.C4H10N.C3H9Si.CH3.Ti/c1-2-18-15-10-6-5-9-14(15)17-13-8-4-3-7-12(13)11-16(17)18;1-4(2,3)5;1-4(2)3;;/h3-11H,2H2,1H3;5H,1-3H3;4H,1H2,2-3H3;1H3;/q4*-1;+4. The number of nitrogens with one attached hydrogen (secondary N) is 1. The van der Waals surface area contributed by atoms with E-state index in [1.807, 2.05) is 20.8 Å².